The van der Waals surface area contributed by atoms with Crippen molar-refractivity contribution in [2.24, 2.45) is 0 Å². The minimum Gasteiger partial charge on any atom is -0.310 e. The average molecular weight is 215 g/mol. The summed E-state index contributed by atoms with van der Waals surface area (Å²) in [5.41, 5.74) is 0.442. The van der Waals surface area contributed by atoms with Crippen LogP contribution in [0.3, 0.4) is 0 Å². The maximum Gasteiger partial charge on any atom is 0.163 e. The molecule has 0 amide bonds. The second kappa shape index (κ2) is 4.23. The van der Waals surface area contributed by atoms with Crippen LogP contribution in [-0.2, 0) is 6.67 Å². The Bertz CT molecular complexity index is 359. The molecule has 2 rings (SSSR count). The smallest absolute Gasteiger partial charge is 0.163 e. The highest BCUT2D eigenvalue weighted by Gasteiger charge is 2.22. The summed E-state index contributed by atoms with van der Waals surface area (Å²) in [5, 5.41) is 3.06. The van der Waals surface area contributed by atoms with Crippen LogP contribution in [0.15, 0.2) is 12.1 Å². The van der Waals surface area contributed by atoms with Crippen molar-refractivity contribution in [1.29, 1.82) is 0 Å². The van der Waals surface area contributed by atoms with E-state index in [4.69, 9.17) is 0 Å². The van der Waals surface area contributed by atoms with Gasteiger partial charge in [0.25, 0.3) is 0 Å². The fourth-order valence-electron chi connectivity index (χ4n) is 1.95. The number of rotatable bonds is 2. The first-order valence-corrected chi connectivity index (χ1v) is 4.99. The summed E-state index contributed by atoms with van der Waals surface area (Å²) in [6.45, 7) is 0.0303. The van der Waals surface area contributed by atoms with E-state index in [0.29, 0.717) is 0 Å². The van der Waals surface area contributed by atoms with E-state index in [0.717, 1.165) is 25.5 Å². The second-order valence-corrected chi connectivity index (χ2v) is 3.76. The van der Waals surface area contributed by atoms with Crippen molar-refractivity contribution in [1.82, 2.24) is 5.32 Å². The second-order valence-electron chi connectivity index (χ2n) is 3.76. The topological polar surface area (TPSA) is 12.0 Å². The molecule has 1 N–H and O–H groups in total. The number of nitrogens with one attached hydrogen (secondary N) is 1. The summed E-state index contributed by atoms with van der Waals surface area (Å²) in [5.74, 6) is -1.82. The van der Waals surface area contributed by atoms with E-state index in [1.54, 1.807) is 0 Å². The van der Waals surface area contributed by atoms with E-state index < -0.39 is 18.3 Å². The maximum absolute atomic E-state index is 13.4. The molecule has 1 saturated heterocycles. The van der Waals surface area contributed by atoms with E-state index in [2.05, 4.69) is 5.32 Å². The van der Waals surface area contributed by atoms with Crippen molar-refractivity contribution in [3.05, 3.63) is 34.9 Å². The van der Waals surface area contributed by atoms with Gasteiger partial charge >= 0.3 is 0 Å². The Hall–Kier alpha value is -1.03. The summed E-state index contributed by atoms with van der Waals surface area (Å²) in [4.78, 5) is 0. The first-order valence-electron chi connectivity index (χ1n) is 4.99. The van der Waals surface area contributed by atoms with Crippen LogP contribution in [0.25, 0.3) is 0 Å². The molecule has 0 aromatic heterocycles. The van der Waals surface area contributed by atoms with E-state index >= 15 is 0 Å². The van der Waals surface area contributed by atoms with Gasteiger partial charge in [0.15, 0.2) is 11.6 Å². The maximum atomic E-state index is 13.4. The van der Waals surface area contributed by atoms with Crippen LogP contribution in [0, 0.1) is 11.6 Å². The van der Waals surface area contributed by atoms with Crippen molar-refractivity contribution < 1.29 is 13.2 Å². The van der Waals surface area contributed by atoms with E-state index in [-0.39, 0.29) is 17.2 Å². The Kier molecular flexibility index (Phi) is 2.95. The lowest BCUT2D eigenvalue weighted by Crippen LogP contribution is -2.15. The zero-order valence-electron chi connectivity index (χ0n) is 8.19. The molecule has 1 atom stereocenters. The van der Waals surface area contributed by atoms with Crippen LogP contribution >= 0.6 is 0 Å². The predicted octanol–water partition coefficient (Wildman–Crippen LogP) is 2.86. The van der Waals surface area contributed by atoms with Gasteiger partial charge in [-0.05, 0) is 37.1 Å². The molecule has 1 aliphatic rings. The lowest BCUT2D eigenvalue weighted by atomic mass is 10.0. The summed E-state index contributed by atoms with van der Waals surface area (Å²) >= 11 is 0. The van der Waals surface area contributed by atoms with Gasteiger partial charge in [-0.15, -0.1) is 0 Å². The third kappa shape index (κ3) is 2.00. The molecule has 15 heavy (non-hydrogen) atoms. The van der Waals surface area contributed by atoms with Crippen molar-refractivity contribution in [2.45, 2.75) is 25.6 Å². The third-order valence-corrected chi connectivity index (χ3v) is 2.71. The number of hydrogen-bond donors (Lipinski definition) is 1. The molecule has 82 valence electrons. The van der Waals surface area contributed by atoms with Gasteiger partial charge in [-0.25, -0.2) is 13.2 Å². The van der Waals surface area contributed by atoms with Gasteiger partial charge < -0.3 is 5.32 Å². The molecule has 1 aromatic rings. The van der Waals surface area contributed by atoms with Gasteiger partial charge in [-0.3, -0.25) is 0 Å². The number of alkyl halides is 1. The molecule has 1 fully saturated rings. The summed E-state index contributed by atoms with van der Waals surface area (Å²) in [6.07, 6.45) is 1.71. The van der Waals surface area contributed by atoms with Crippen LogP contribution in [0.4, 0.5) is 13.2 Å². The molecule has 0 bridgehead atoms. The largest absolute Gasteiger partial charge is 0.310 e. The summed E-state index contributed by atoms with van der Waals surface area (Å²) < 4.78 is 38.9. The zero-order chi connectivity index (χ0) is 10.8. The number of hydrogen-bond acceptors (Lipinski definition) is 1. The molecule has 0 aliphatic carbocycles. The van der Waals surface area contributed by atoms with Gasteiger partial charge in [-0.1, -0.05) is 0 Å². The highest BCUT2D eigenvalue weighted by molar-refractivity contribution is 5.29. The van der Waals surface area contributed by atoms with Crippen LogP contribution < -0.4 is 5.32 Å². The standard InChI is InChI=1S/C11H12F3N/c12-6-7-4-8(10-2-1-3-15-10)11(14)9(13)5-7/h4-5,10,15H,1-3,6H2. The Morgan fingerprint density at radius 3 is 2.73 bits per heavy atom. The monoisotopic (exact) mass is 215 g/mol. The molecule has 0 spiro atoms. The van der Waals surface area contributed by atoms with Crippen LogP contribution in [0.2, 0.25) is 0 Å². The minimum absolute atomic E-state index is 0.175. The van der Waals surface area contributed by atoms with E-state index in [9.17, 15) is 13.2 Å². The Labute approximate surface area is 86.3 Å². The summed E-state index contributed by atoms with van der Waals surface area (Å²) in [7, 11) is 0. The van der Waals surface area contributed by atoms with Crippen LogP contribution in [0.5, 0.6) is 0 Å². The van der Waals surface area contributed by atoms with Crippen LogP contribution in [0.1, 0.15) is 30.0 Å². The van der Waals surface area contributed by atoms with Crippen molar-refractivity contribution in [2.75, 3.05) is 6.54 Å². The summed E-state index contributed by atoms with van der Waals surface area (Å²) in [6, 6.07) is 2.14. The minimum atomic E-state index is -0.964. The fourth-order valence-corrected chi connectivity index (χ4v) is 1.95. The van der Waals surface area contributed by atoms with Crippen LogP contribution in [-0.4, -0.2) is 6.54 Å². The Balaban J connectivity index is 2.39. The molecule has 0 radical (unpaired) electrons. The lowest BCUT2D eigenvalue weighted by Gasteiger charge is -2.13. The molecule has 1 heterocycles. The number of halogens is 3. The SMILES string of the molecule is FCc1cc(F)c(F)c(C2CCCN2)c1. The van der Waals surface area contributed by atoms with Gasteiger partial charge in [0.1, 0.15) is 6.67 Å². The molecule has 0 saturated carbocycles. The molecule has 4 heteroatoms. The van der Waals surface area contributed by atoms with Gasteiger partial charge in [0.2, 0.25) is 0 Å². The van der Waals surface area contributed by atoms with Crippen molar-refractivity contribution in [3.63, 3.8) is 0 Å². The van der Waals surface area contributed by atoms with Gasteiger partial charge in [0.05, 0.1) is 0 Å². The zero-order valence-corrected chi connectivity index (χ0v) is 8.19. The van der Waals surface area contributed by atoms with E-state index in [1.807, 2.05) is 0 Å². The molecule has 1 aromatic carbocycles. The molecular weight excluding hydrogens is 203 g/mol. The van der Waals surface area contributed by atoms with Gasteiger partial charge in [0, 0.05) is 11.6 Å². The van der Waals surface area contributed by atoms with Gasteiger partial charge in [-0.2, -0.15) is 0 Å². The predicted molar refractivity (Wildman–Crippen MR) is 51.1 cm³/mol. The molecule has 1 unspecified atom stereocenters. The van der Waals surface area contributed by atoms with Crippen molar-refractivity contribution in [3.8, 4) is 0 Å². The fraction of sp³-hybridized carbons (Fsp3) is 0.455. The average Bonchev–Trinajstić information content (AvgIpc) is 2.75. The van der Waals surface area contributed by atoms with E-state index in [1.165, 1.54) is 6.07 Å². The molecule has 1 nitrogen and oxygen atoms in total. The first kappa shape index (κ1) is 10.5. The highest BCUT2D eigenvalue weighted by atomic mass is 19.2. The highest BCUT2D eigenvalue weighted by Crippen LogP contribution is 2.27. The Morgan fingerprint density at radius 2 is 2.13 bits per heavy atom. The lowest BCUT2D eigenvalue weighted by molar-refractivity contribution is 0.459. The Morgan fingerprint density at radius 1 is 1.33 bits per heavy atom. The normalized spacial score (nSPS) is 20.9. The molecular formula is C11H12F3N. The number of benzene rings is 1. The quantitative estimate of drug-likeness (QED) is 0.799. The van der Waals surface area contributed by atoms with Crippen molar-refractivity contribution >= 4 is 0 Å². The molecule has 1 aliphatic heterocycles. The first-order chi connectivity index (χ1) is 7.22. The third-order valence-electron chi connectivity index (χ3n) is 2.71.